The highest BCUT2D eigenvalue weighted by Crippen LogP contribution is 2.27. The number of methoxy groups -OCH3 is 2. The van der Waals surface area contributed by atoms with Gasteiger partial charge in [0.15, 0.2) is 17.5 Å². The zero-order chi connectivity index (χ0) is 20.2. The molecule has 0 radical (unpaired) electrons. The number of halogens is 1. The third kappa shape index (κ3) is 8.14. The predicted octanol–water partition coefficient (Wildman–Crippen LogP) is 1.85. The molecule has 0 spiro atoms. The standard InChI is InChI=1S/C20H27N5O3.HI/c1-21-20(25-12-11-23-19(26)16-5-4-9-22-14-16)24-10-8-15-6-7-17(27-2)18(13-15)28-3;/h4-7,9,13-14H,8,10-12H2,1-3H3,(H,23,26)(H2,21,24,25);1H. The van der Waals surface area contributed by atoms with Crippen LogP contribution in [0, 0.1) is 0 Å². The number of rotatable bonds is 9. The van der Waals surface area contributed by atoms with Crippen molar-refractivity contribution in [3.05, 3.63) is 53.9 Å². The summed E-state index contributed by atoms with van der Waals surface area (Å²) in [5.41, 5.74) is 1.67. The minimum absolute atomic E-state index is 0. The lowest BCUT2D eigenvalue weighted by Gasteiger charge is -2.13. The van der Waals surface area contributed by atoms with Gasteiger partial charge in [-0.3, -0.25) is 14.8 Å². The number of hydrogen-bond donors (Lipinski definition) is 3. The van der Waals surface area contributed by atoms with E-state index in [2.05, 4.69) is 25.9 Å². The molecule has 9 heteroatoms. The third-order valence-electron chi connectivity index (χ3n) is 4.00. The van der Waals surface area contributed by atoms with Gasteiger partial charge in [-0.05, 0) is 36.2 Å². The van der Waals surface area contributed by atoms with E-state index in [0.29, 0.717) is 42.7 Å². The van der Waals surface area contributed by atoms with Gasteiger partial charge in [-0.15, -0.1) is 24.0 Å². The van der Waals surface area contributed by atoms with Crippen LogP contribution >= 0.6 is 24.0 Å². The van der Waals surface area contributed by atoms with Crippen molar-refractivity contribution in [1.29, 1.82) is 0 Å². The van der Waals surface area contributed by atoms with Crippen LogP contribution in [0.1, 0.15) is 15.9 Å². The largest absolute Gasteiger partial charge is 0.493 e. The molecule has 0 fully saturated rings. The molecule has 8 nitrogen and oxygen atoms in total. The molecule has 0 atom stereocenters. The van der Waals surface area contributed by atoms with Gasteiger partial charge in [-0.25, -0.2) is 0 Å². The summed E-state index contributed by atoms with van der Waals surface area (Å²) in [6.07, 6.45) is 3.98. The molecule has 1 aromatic heterocycles. The van der Waals surface area contributed by atoms with Gasteiger partial charge in [0, 0.05) is 39.1 Å². The van der Waals surface area contributed by atoms with Gasteiger partial charge in [0.2, 0.25) is 0 Å². The highest BCUT2D eigenvalue weighted by atomic mass is 127. The molecule has 1 heterocycles. The van der Waals surface area contributed by atoms with Crippen molar-refractivity contribution in [3.63, 3.8) is 0 Å². The Hall–Kier alpha value is -2.56. The molecule has 2 aromatic rings. The minimum atomic E-state index is -0.147. The Balaban J connectivity index is 0.00000420. The molecule has 1 amide bonds. The number of guanidine groups is 1. The number of amides is 1. The molecule has 0 aliphatic heterocycles. The van der Waals surface area contributed by atoms with Gasteiger partial charge in [0.1, 0.15) is 0 Å². The smallest absolute Gasteiger partial charge is 0.252 e. The average Bonchev–Trinajstić information content (AvgIpc) is 2.75. The summed E-state index contributed by atoms with van der Waals surface area (Å²) in [4.78, 5) is 20.1. The van der Waals surface area contributed by atoms with E-state index in [-0.39, 0.29) is 29.9 Å². The summed E-state index contributed by atoms with van der Waals surface area (Å²) in [6, 6.07) is 9.33. The number of aromatic nitrogens is 1. The lowest BCUT2D eigenvalue weighted by atomic mass is 10.1. The second-order valence-electron chi connectivity index (χ2n) is 5.86. The van der Waals surface area contributed by atoms with Crippen molar-refractivity contribution < 1.29 is 14.3 Å². The van der Waals surface area contributed by atoms with Crippen LogP contribution in [0.5, 0.6) is 11.5 Å². The van der Waals surface area contributed by atoms with Gasteiger partial charge < -0.3 is 25.4 Å². The molecule has 0 unspecified atom stereocenters. The molecule has 0 aliphatic carbocycles. The van der Waals surface area contributed by atoms with Crippen LogP contribution in [0.25, 0.3) is 0 Å². The summed E-state index contributed by atoms with van der Waals surface area (Å²) >= 11 is 0. The molecule has 29 heavy (non-hydrogen) atoms. The first-order valence-corrected chi connectivity index (χ1v) is 9.01. The van der Waals surface area contributed by atoms with Crippen LogP contribution in [0.15, 0.2) is 47.7 Å². The Morgan fingerprint density at radius 1 is 1.03 bits per heavy atom. The van der Waals surface area contributed by atoms with Gasteiger partial charge in [0.05, 0.1) is 19.8 Å². The molecular formula is C20H28IN5O3. The monoisotopic (exact) mass is 513 g/mol. The topological polar surface area (TPSA) is 96.9 Å². The molecule has 3 N–H and O–H groups in total. The second kappa shape index (κ2) is 13.6. The molecule has 2 rings (SSSR count). The van der Waals surface area contributed by atoms with Crippen molar-refractivity contribution in [3.8, 4) is 11.5 Å². The highest BCUT2D eigenvalue weighted by molar-refractivity contribution is 14.0. The van der Waals surface area contributed by atoms with Crippen LogP contribution < -0.4 is 25.4 Å². The van der Waals surface area contributed by atoms with Crippen LogP contribution in [-0.2, 0) is 6.42 Å². The number of hydrogen-bond acceptors (Lipinski definition) is 5. The van der Waals surface area contributed by atoms with E-state index >= 15 is 0 Å². The van der Waals surface area contributed by atoms with Crippen LogP contribution in [0.2, 0.25) is 0 Å². The van der Waals surface area contributed by atoms with E-state index in [1.165, 1.54) is 6.20 Å². The number of benzene rings is 1. The van der Waals surface area contributed by atoms with Gasteiger partial charge in [0.25, 0.3) is 5.91 Å². The Morgan fingerprint density at radius 2 is 1.76 bits per heavy atom. The molecular weight excluding hydrogens is 485 g/mol. The number of carbonyl (C=O) groups excluding carboxylic acids is 1. The van der Waals surface area contributed by atoms with E-state index < -0.39 is 0 Å². The van der Waals surface area contributed by atoms with E-state index in [0.717, 1.165) is 12.0 Å². The molecule has 0 saturated carbocycles. The van der Waals surface area contributed by atoms with Crippen molar-refractivity contribution >= 4 is 35.8 Å². The zero-order valence-electron chi connectivity index (χ0n) is 16.9. The maximum atomic E-state index is 11.9. The fourth-order valence-corrected chi connectivity index (χ4v) is 2.54. The lowest BCUT2D eigenvalue weighted by Crippen LogP contribution is -2.42. The van der Waals surface area contributed by atoms with Crippen LogP contribution in [0.3, 0.4) is 0 Å². The first kappa shape index (κ1) is 24.5. The molecule has 158 valence electrons. The highest BCUT2D eigenvalue weighted by Gasteiger charge is 2.06. The summed E-state index contributed by atoms with van der Waals surface area (Å²) < 4.78 is 10.6. The first-order chi connectivity index (χ1) is 13.7. The lowest BCUT2D eigenvalue weighted by molar-refractivity contribution is 0.0954. The summed E-state index contributed by atoms with van der Waals surface area (Å²) in [7, 11) is 4.95. The quantitative estimate of drug-likeness (QED) is 0.205. The number of ether oxygens (including phenoxy) is 2. The molecule has 0 bridgehead atoms. The Bertz CT molecular complexity index is 787. The third-order valence-corrected chi connectivity index (χ3v) is 4.00. The number of carbonyl (C=O) groups is 1. The van der Waals surface area contributed by atoms with Gasteiger partial charge in [-0.2, -0.15) is 0 Å². The van der Waals surface area contributed by atoms with Gasteiger partial charge in [-0.1, -0.05) is 6.07 Å². The Kier molecular flexibility index (Phi) is 11.5. The maximum absolute atomic E-state index is 11.9. The molecule has 0 saturated heterocycles. The number of aliphatic imine (C=N–C) groups is 1. The van der Waals surface area contributed by atoms with Gasteiger partial charge >= 0.3 is 0 Å². The van der Waals surface area contributed by atoms with Crippen molar-refractivity contribution in [2.45, 2.75) is 6.42 Å². The van der Waals surface area contributed by atoms with Crippen LogP contribution in [0.4, 0.5) is 0 Å². The zero-order valence-corrected chi connectivity index (χ0v) is 19.2. The van der Waals surface area contributed by atoms with Crippen molar-refractivity contribution in [2.75, 3.05) is 40.9 Å². The maximum Gasteiger partial charge on any atom is 0.252 e. The first-order valence-electron chi connectivity index (χ1n) is 9.01. The summed E-state index contributed by atoms with van der Waals surface area (Å²) in [5, 5.41) is 9.25. The number of nitrogens with zero attached hydrogens (tertiary/aromatic N) is 2. The number of pyridine rings is 1. The summed E-state index contributed by atoms with van der Waals surface area (Å²) in [6.45, 7) is 1.74. The Labute approximate surface area is 188 Å². The number of nitrogens with one attached hydrogen (secondary N) is 3. The van der Waals surface area contributed by atoms with E-state index in [9.17, 15) is 4.79 Å². The second-order valence-corrected chi connectivity index (χ2v) is 5.86. The molecule has 0 aliphatic rings. The summed E-state index contributed by atoms with van der Waals surface area (Å²) in [5.74, 6) is 1.96. The predicted molar refractivity (Wildman–Crippen MR) is 125 cm³/mol. The minimum Gasteiger partial charge on any atom is -0.493 e. The van der Waals surface area contributed by atoms with E-state index in [1.807, 2.05) is 18.2 Å². The molecule has 1 aromatic carbocycles. The average molecular weight is 513 g/mol. The van der Waals surface area contributed by atoms with Crippen molar-refractivity contribution in [1.82, 2.24) is 20.9 Å². The van der Waals surface area contributed by atoms with E-state index in [1.54, 1.807) is 39.6 Å². The fraction of sp³-hybridized carbons (Fsp3) is 0.350. The SMILES string of the molecule is CN=C(NCCNC(=O)c1cccnc1)NCCc1ccc(OC)c(OC)c1.I. The normalized spacial score (nSPS) is 10.5. The van der Waals surface area contributed by atoms with Crippen molar-refractivity contribution in [2.24, 2.45) is 4.99 Å². The Morgan fingerprint density at radius 3 is 2.41 bits per heavy atom. The van der Waals surface area contributed by atoms with E-state index in [4.69, 9.17) is 9.47 Å². The van der Waals surface area contributed by atoms with Crippen LogP contribution in [-0.4, -0.2) is 57.8 Å². The fourth-order valence-electron chi connectivity index (χ4n) is 2.54.